The minimum atomic E-state index is -0.106. The highest BCUT2D eigenvalue weighted by Gasteiger charge is 2.60. The highest BCUT2D eigenvalue weighted by atomic mass is 16.5. The van der Waals surface area contributed by atoms with Gasteiger partial charge in [-0.1, -0.05) is 12.5 Å². The molecule has 5 rings (SSSR count). The van der Waals surface area contributed by atoms with E-state index in [2.05, 4.69) is 13.0 Å². The molecule has 3 saturated carbocycles. The lowest BCUT2D eigenvalue weighted by Gasteiger charge is -2.58. The molecule has 0 bridgehead atoms. The monoisotopic (exact) mass is 370 g/mol. The van der Waals surface area contributed by atoms with Crippen LogP contribution in [-0.2, 0) is 9.53 Å². The standard InChI is InChI=1S/C24H34O3/c1-23-12-11-21-19(7-6-16-14-17(26)10-13-24(16,21)15-25)20(23)8-9-22(23)27-18-4-2-3-5-18/h4,14,19-22,25H,2-3,5-13,15H2,1H3/t19-,20-,21+,22?,23-,24+/m0/s1. The summed E-state index contributed by atoms with van der Waals surface area (Å²) >= 11 is 0. The molecule has 0 radical (unpaired) electrons. The van der Waals surface area contributed by atoms with Crippen molar-refractivity contribution in [2.45, 2.75) is 83.7 Å². The molecule has 0 spiro atoms. The van der Waals surface area contributed by atoms with Crippen molar-refractivity contribution in [3.8, 4) is 0 Å². The van der Waals surface area contributed by atoms with Crippen LogP contribution in [0.3, 0.4) is 0 Å². The normalized spacial score (nSPS) is 46.2. The molecule has 1 unspecified atom stereocenters. The quantitative estimate of drug-likeness (QED) is 0.765. The molecule has 5 aliphatic rings. The Bertz CT molecular complexity index is 692. The van der Waals surface area contributed by atoms with Gasteiger partial charge in [0.1, 0.15) is 6.10 Å². The maximum Gasteiger partial charge on any atom is 0.155 e. The summed E-state index contributed by atoms with van der Waals surface area (Å²) in [4.78, 5) is 12.0. The number of ether oxygens (including phenoxy) is 1. The van der Waals surface area contributed by atoms with E-state index in [9.17, 15) is 9.90 Å². The van der Waals surface area contributed by atoms with Gasteiger partial charge in [-0.25, -0.2) is 0 Å². The zero-order valence-corrected chi connectivity index (χ0v) is 16.7. The fourth-order valence-corrected chi connectivity index (χ4v) is 7.73. The summed E-state index contributed by atoms with van der Waals surface area (Å²) < 4.78 is 6.55. The molecule has 0 amide bonds. The predicted molar refractivity (Wildman–Crippen MR) is 105 cm³/mol. The van der Waals surface area contributed by atoms with Crippen molar-refractivity contribution < 1.29 is 14.6 Å². The molecule has 5 aliphatic carbocycles. The zero-order chi connectivity index (χ0) is 18.6. The smallest absolute Gasteiger partial charge is 0.155 e. The van der Waals surface area contributed by atoms with Crippen LogP contribution in [0.2, 0.25) is 0 Å². The average molecular weight is 371 g/mol. The maximum atomic E-state index is 12.0. The molecule has 1 N–H and O–H groups in total. The molecule has 0 aliphatic heterocycles. The van der Waals surface area contributed by atoms with Crippen LogP contribution in [0.1, 0.15) is 77.6 Å². The molecule has 3 nitrogen and oxygen atoms in total. The fourth-order valence-electron chi connectivity index (χ4n) is 7.73. The highest BCUT2D eigenvalue weighted by molar-refractivity contribution is 5.91. The minimum Gasteiger partial charge on any atom is -0.495 e. The minimum absolute atomic E-state index is 0.106. The van der Waals surface area contributed by atoms with Crippen LogP contribution in [-0.4, -0.2) is 23.6 Å². The predicted octanol–water partition coefficient (Wildman–Crippen LogP) is 4.94. The first-order chi connectivity index (χ1) is 13.1. The topological polar surface area (TPSA) is 46.5 Å². The van der Waals surface area contributed by atoms with Gasteiger partial charge in [0.15, 0.2) is 5.78 Å². The Morgan fingerprint density at radius 3 is 2.78 bits per heavy atom. The second-order valence-corrected chi connectivity index (χ2v) is 10.2. The van der Waals surface area contributed by atoms with Crippen LogP contribution >= 0.6 is 0 Å². The fraction of sp³-hybridized carbons (Fsp3) is 0.792. The van der Waals surface area contributed by atoms with Gasteiger partial charge < -0.3 is 9.84 Å². The number of ketones is 1. The first-order valence-corrected chi connectivity index (χ1v) is 11.3. The Balaban J connectivity index is 1.41. The third-order valence-corrected chi connectivity index (χ3v) is 9.17. The summed E-state index contributed by atoms with van der Waals surface area (Å²) in [5.74, 6) is 3.47. The molecule has 0 aromatic carbocycles. The number of hydrogen-bond acceptors (Lipinski definition) is 3. The third-order valence-electron chi connectivity index (χ3n) is 9.17. The molecular formula is C24H34O3. The Kier molecular flexibility index (Phi) is 4.31. The second kappa shape index (κ2) is 6.47. The van der Waals surface area contributed by atoms with E-state index < -0.39 is 0 Å². The van der Waals surface area contributed by atoms with Crippen LogP contribution in [0.25, 0.3) is 0 Å². The first kappa shape index (κ1) is 18.0. The SMILES string of the molecule is C[C@]12CC[C@@H]3[C@@H](CCC4=CC(=O)CC[C@@]43CO)[C@@H]1CCC2OC1=CCCC1. The Morgan fingerprint density at radius 2 is 2.00 bits per heavy atom. The number of carbonyl (C=O) groups excluding carboxylic acids is 1. The summed E-state index contributed by atoms with van der Waals surface area (Å²) in [5, 5.41) is 10.5. The molecule has 3 fully saturated rings. The lowest BCUT2D eigenvalue weighted by Crippen LogP contribution is -2.53. The van der Waals surface area contributed by atoms with E-state index in [1.165, 1.54) is 56.3 Å². The highest BCUT2D eigenvalue weighted by Crippen LogP contribution is 2.65. The zero-order valence-electron chi connectivity index (χ0n) is 16.7. The molecule has 0 aromatic heterocycles. The Morgan fingerprint density at radius 1 is 1.11 bits per heavy atom. The van der Waals surface area contributed by atoms with E-state index in [0.29, 0.717) is 30.3 Å². The summed E-state index contributed by atoms with van der Waals surface area (Å²) in [6, 6.07) is 0. The van der Waals surface area contributed by atoms with Crippen molar-refractivity contribution in [1.29, 1.82) is 0 Å². The molecule has 6 atom stereocenters. The van der Waals surface area contributed by atoms with Crippen molar-refractivity contribution in [2.75, 3.05) is 6.61 Å². The number of allylic oxidation sites excluding steroid dienone is 2. The van der Waals surface area contributed by atoms with Crippen molar-refractivity contribution in [1.82, 2.24) is 0 Å². The molecule has 0 aromatic rings. The lowest BCUT2D eigenvalue weighted by molar-refractivity contribution is -0.120. The van der Waals surface area contributed by atoms with Gasteiger partial charge in [0.2, 0.25) is 0 Å². The summed E-state index contributed by atoms with van der Waals surface area (Å²) in [6.45, 7) is 2.71. The van der Waals surface area contributed by atoms with Crippen LogP contribution < -0.4 is 0 Å². The van der Waals surface area contributed by atoms with Gasteiger partial charge in [-0.2, -0.15) is 0 Å². The third kappa shape index (κ3) is 2.60. The van der Waals surface area contributed by atoms with Gasteiger partial charge in [-0.15, -0.1) is 0 Å². The Labute approximate surface area is 163 Å². The van der Waals surface area contributed by atoms with Crippen LogP contribution in [0.4, 0.5) is 0 Å². The van der Waals surface area contributed by atoms with Crippen molar-refractivity contribution in [2.24, 2.45) is 28.6 Å². The molecule has 3 heteroatoms. The molecule has 148 valence electrons. The van der Waals surface area contributed by atoms with Gasteiger partial charge in [0, 0.05) is 23.7 Å². The number of aliphatic hydroxyl groups excluding tert-OH is 1. The average Bonchev–Trinajstić information content (AvgIpc) is 3.30. The van der Waals surface area contributed by atoms with Gasteiger partial charge in [0.05, 0.1) is 12.4 Å². The van der Waals surface area contributed by atoms with E-state index in [1.807, 2.05) is 6.08 Å². The summed E-state index contributed by atoms with van der Waals surface area (Å²) in [7, 11) is 0. The number of rotatable bonds is 3. The van der Waals surface area contributed by atoms with E-state index in [1.54, 1.807) is 0 Å². The maximum absolute atomic E-state index is 12.0. The number of carbonyl (C=O) groups is 1. The van der Waals surface area contributed by atoms with Gasteiger partial charge in [-0.05, 0) is 87.7 Å². The van der Waals surface area contributed by atoms with Crippen molar-refractivity contribution in [3.05, 3.63) is 23.5 Å². The van der Waals surface area contributed by atoms with Crippen LogP contribution in [0, 0.1) is 28.6 Å². The molecular weight excluding hydrogens is 336 g/mol. The number of hydrogen-bond donors (Lipinski definition) is 1. The lowest BCUT2D eigenvalue weighted by atomic mass is 9.47. The van der Waals surface area contributed by atoms with Crippen molar-refractivity contribution >= 4 is 5.78 Å². The van der Waals surface area contributed by atoms with Gasteiger partial charge in [0.25, 0.3) is 0 Å². The van der Waals surface area contributed by atoms with E-state index in [4.69, 9.17) is 4.74 Å². The van der Waals surface area contributed by atoms with Crippen LogP contribution in [0.5, 0.6) is 0 Å². The number of aliphatic hydroxyl groups is 1. The largest absolute Gasteiger partial charge is 0.495 e. The Hall–Kier alpha value is -1.09. The van der Waals surface area contributed by atoms with Gasteiger partial charge in [-0.3, -0.25) is 4.79 Å². The summed E-state index contributed by atoms with van der Waals surface area (Å²) in [5.41, 5.74) is 1.45. The molecule has 0 heterocycles. The summed E-state index contributed by atoms with van der Waals surface area (Å²) in [6.07, 6.45) is 16.7. The van der Waals surface area contributed by atoms with Gasteiger partial charge >= 0.3 is 0 Å². The van der Waals surface area contributed by atoms with Crippen molar-refractivity contribution in [3.63, 3.8) is 0 Å². The van der Waals surface area contributed by atoms with Crippen LogP contribution in [0.15, 0.2) is 23.5 Å². The first-order valence-electron chi connectivity index (χ1n) is 11.3. The molecule has 0 saturated heterocycles. The number of fused-ring (bicyclic) bond motifs is 5. The molecule has 27 heavy (non-hydrogen) atoms. The van der Waals surface area contributed by atoms with E-state index in [0.717, 1.165) is 19.3 Å². The van der Waals surface area contributed by atoms with E-state index >= 15 is 0 Å². The second-order valence-electron chi connectivity index (χ2n) is 10.2. The van der Waals surface area contributed by atoms with E-state index in [-0.39, 0.29) is 23.2 Å².